The molecule has 8 heteroatoms. The molecule has 0 radical (unpaired) electrons. The molecule has 0 unspecified atom stereocenters. The van der Waals surface area contributed by atoms with Gasteiger partial charge < -0.3 is 0 Å². The number of fused-ring (bicyclic) bond motifs is 1. The highest BCUT2D eigenvalue weighted by atomic mass is 32.2. The highest BCUT2D eigenvalue weighted by molar-refractivity contribution is 7.93. The van der Waals surface area contributed by atoms with E-state index in [1.54, 1.807) is 24.3 Å². The fourth-order valence-corrected chi connectivity index (χ4v) is 3.50. The molecular formula is C16H13N3O4S. The van der Waals surface area contributed by atoms with E-state index in [9.17, 15) is 13.2 Å². The number of pyridine rings is 1. The number of nitrogens with zero attached hydrogens (tertiary/aromatic N) is 1. The van der Waals surface area contributed by atoms with Gasteiger partial charge in [-0.25, -0.2) is 13.9 Å². The van der Waals surface area contributed by atoms with Crippen molar-refractivity contribution in [3.8, 4) is 0 Å². The van der Waals surface area contributed by atoms with Crippen LogP contribution in [0.15, 0.2) is 65.7 Å². The van der Waals surface area contributed by atoms with Crippen molar-refractivity contribution in [3.63, 3.8) is 0 Å². The van der Waals surface area contributed by atoms with Crippen molar-refractivity contribution >= 4 is 32.5 Å². The van der Waals surface area contributed by atoms with Crippen LogP contribution in [0.2, 0.25) is 0 Å². The molecule has 122 valence electrons. The highest BCUT2D eigenvalue weighted by Crippen LogP contribution is 2.23. The van der Waals surface area contributed by atoms with Crippen LogP contribution < -0.4 is 10.2 Å². The van der Waals surface area contributed by atoms with Crippen LogP contribution in [0.5, 0.6) is 0 Å². The second-order valence-electron chi connectivity index (χ2n) is 4.96. The molecule has 0 aliphatic rings. The summed E-state index contributed by atoms with van der Waals surface area (Å²) in [6.07, 6.45) is 1.53. The van der Waals surface area contributed by atoms with Gasteiger partial charge in [-0.05, 0) is 36.4 Å². The number of amides is 1. The number of hydroxylamine groups is 1. The van der Waals surface area contributed by atoms with E-state index < -0.39 is 15.9 Å². The minimum absolute atomic E-state index is 0.0674. The first-order valence-electron chi connectivity index (χ1n) is 6.92. The zero-order chi connectivity index (χ0) is 17.2. The van der Waals surface area contributed by atoms with Gasteiger partial charge in [-0.3, -0.25) is 19.7 Å². The summed E-state index contributed by atoms with van der Waals surface area (Å²) in [5, 5.41) is 9.29. The highest BCUT2D eigenvalue weighted by Gasteiger charge is 2.18. The summed E-state index contributed by atoms with van der Waals surface area (Å²) >= 11 is 0. The van der Waals surface area contributed by atoms with E-state index in [-0.39, 0.29) is 16.1 Å². The van der Waals surface area contributed by atoms with Crippen LogP contribution in [0, 0.1) is 0 Å². The first-order valence-corrected chi connectivity index (χ1v) is 8.41. The SMILES string of the molecule is O=C(NO)c1ccc(NS(=O)(=O)c2cccc3cccnc23)cc1. The van der Waals surface area contributed by atoms with Crippen LogP contribution in [0.25, 0.3) is 10.9 Å². The number of para-hydroxylation sites is 1. The van der Waals surface area contributed by atoms with Gasteiger partial charge in [-0.15, -0.1) is 0 Å². The lowest BCUT2D eigenvalue weighted by Gasteiger charge is -2.10. The molecule has 1 aromatic heterocycles. The standard InChI is InChI=1S/C16H13N3O4S/c20-16(18-21)12-6-8-13(9-7-12)19-24(22,23)14-5-1-3-11-4-2-10-17-15(11)14/h1-10,19,21H,(H,18,20). The monoisotopic (exact) mass is 343 g/mol. The van der Waals surface area contributed by atoms with Gasteiger partial charge in [0, 0.05) is 22.8 Å². The summed E-state index contributed by atoms with van der Waals surface area (Å²) in [5.41, 5.74) is 2.38. The summed E-state index contributed by atoms with van der Waals surface area (Å²) in [6.45, 7) is 0. The number of carbonyl (C=O) groups excluding carboxylic acids is 1. The quantitative estimate of drug-likeness (QED) is 0.497. The van der Waals surface area contributed by atoms with Gasteiger partial charge in [0.1, 0.15) is 4.90 Å². The minimum Gasteiger partial charge on any atom is -0.288 e. The number of carbonyl (C=O) groups is 1. The Bertz CT molecular complexity index is 996. The van der Waals surface area contributed by atoms with E-state index in [0.717, 1.165) is 5.39 Å². The first kappa shape index (κ1) is 15.9. The van der Waals surface area contributed by atoms with Crippen LogP contribution in [0.3, 0.4) is 0 Å². The second-order valence-corrected chi connectivity index (χ2v) is 6.61. The van der Waals surface area contributed by atoms with Crippen LogP contribution in [0.1, 0.15) is 10.4 Å². The Kier molecular flexibility index (Phi) is 4.15. The van der Waals surface area contributed by atoms with E-state index in [4.69, 9.17) is 5.21 Å². The van der Waals surface area contributed by atoms with Crippen LogP contribution in [-0.4, -0.2) is 24.5 Å². The molecule has 0 atom stereocenters. The number of nitrogens with one attached hydrogen (secondary N) is 2. The fourth-order valence-electron chi connectivity index (χ4n) is 2.26. The number of rotatable bonds is 4. The maximum absolute atomic E-state index is 12.6. The van der Waals surface area contributed by atoms with Crippen LogP contribution >= 0.6 is 0 Å². The van der Waals surface area contributed by atoms with Crippen LogP contribution in [0.4, 0.5) is 5.69 Å². The van der Waals surface area contributed by atoms with E-state index in [0.29, 0.717) is 5.52 Å². The Morgan fingerprint density at radius 2 is 1.71 bits per heavy atom. The predicted molar refractivity (Wildman–Crippen MR) is 88.2 cm³/mol. The van der Waals surface area contributed by atoms with E-state index in [1.807, 2.05) is 0 Å². The van der Waals surface area contributed by atoms with E-state index >= 15 is 0 Å². The van der Waals surface area contributed by atoms with Crippen molar-refractivity contribution in [1.82, 2.24) is 10.5 Å². The van der Waals surface area contributed by atoms with Crippen molar-refractivity contribution in [2.75, 3.05) is 4.72 Å². The van der Waals surface area contributed by atoms with Gasteiger partial charge in [0.15, 0.2) is 0 Å². The van der Waals surface area contributed by atoms with Crippen molar-refractivity contribution in [2.45, 2.75) is 4.90 Å². The molecule has 0 aliphatic heterocycles. The van der Waals surface area contributed by atoms with Gasteiger partial charge in [0.25, 0.3) is 15.9 Å². The first-order chi connectivity index (χ1) is 11.5. The van der Waals surface area contributed by atoms with Gasteiger partial charge in [-0.2, -0.15) is 0 Å². The number of anilines is 1. The zero-order valence-corrected chi connectivity index (χ0v) is 13.1. The molecule has 0 bridgehead atoms. The largest absolute Gasteiger partial charge is 0.288 e. The third-order valence-corrected chi connectivity index (χ3v) is 4.80. The average Bonchev–Trinajstić information content (AvgIpc) is 2.61. The Morgan fingerprint density at radius 1 is 1.00 bits per heavy atom. The van der Waals surface area contributed by atoms with E-state index in [2.05, 4.69) is 9.71 Å². The average molecular weight is 343 g/mol. The molecule has 1 amide bonds. The Hall–Kier alpha value is -2.97. The summed E-state index contributed by atoms with van der Waals surface area (Å²) in [5.74, 6) is -0.678. The van der Waals surface area contributed by atoms with Gasteiger partial charge in [-0.1, -0.05) is 18.2 Å². The van der Waals surface area contributed by atoms with Crippen molar-refractivity contribution < 1.29 is 18.4 Å². The lowest BCUT2D eigenvalue weighted by Crippen LogP contribution is -2.18. The molecular weight excluding hydrogens is 330 g/mol. The Labute approximate surface area is 138 Å². The number of sulfonamides is 1. The van der Waals surface area contributed by atoms with Crippen molar-refractivity contribution in [1.29, 1.82) is 0 Å². The molecule has 0 spiro atoms. The molecule has 3 rings (SSSR count). The zero-order valence-electron chi connectivity index (χ0n) is 12.3. The van der Waals surface area contributed by atoms with Crippen molar-refractivity contribution in [2.24, 2.45) is 0 Å². The minimum atomic E-state index is -3.84. The lowest BCUT2D eigenvalue weighted by atomic mass is 10.2. The van der Waals surface area contributed by atoms with Gasteiger partial charge in [0.2, 0.25) is 0 Å². The van der Waals surface area contributed by atoms with E-state index in [1.165, 1.54) is 42.0 Å². The summed E-state index contributed by atoms with van der Waals surface area (Å²) in [6, 6.07) is 14.1. The van der Waals surface area contributed by atoms with Gasteiger partial charge in [0.05, 0.1) is 5.52 Å². The smallest absolute Gasteiger partial charge is 0.274 e. The molecule has 0 saturated carbocycles. The molecule has 0 fully saturated rings. The van der Waals surface area contributed by atoms with Crippen molar-refractivity contribution in [3.05, 3.63) is 66.4 Å². The number of hydrogen-bond acceptors (Lipinski definition) is 5. The Morgan fingerprint density at radius 3 is 2.42 bits per heavy atom. The molecule has 2 aromatic carbocycles. The maximum Gasteiger partial charge on any atom is 0.274 e. The summed E-state index contributed by atoms with van der Waals surface area (Å²) in [7, 11) is -3.84. The third-order valence-electron chi connectivity index (χ3n) is 3.39. The number of hydrogen-bond donors (Lipinski definition) is 3. The Balaban J connectivity index is 1.95. The van der Waals surface area contributed by atoms with Gasteiger partial charge >= 0.3 is 0 Å². The molecule has 3 N–H and O–H groups in total. The second kappa shape index (κ2) is 6.26. The lowest BCUT2D eigenvalue weighted by molar-refractivity contribution is 0.0706. The number of aromatic nitrogens is 1. The molecule has 3 aromatic rings. The molecule has 7 nitrogen and oxygen atoms in total. The maximum atomic E-state index is 12.6. The number of benzene rings is 2. The molecule has 0 aliphatic carbocycles. The molecule has 24 heavy (non-hydrogen) atoms. The summed E-state index contributed by atoms with van der Waals surface area (Å²) in [4.78, 5) is 15.5. The topological polar surface area (TPSA) is 108 Å². The molecule has 1 heterocycles. The molecule has 0 saturated heterocycles. The fraction of sp³-hybridized carbons (Fsp3) is 0. The predicted octanol–water partition coefficient (Wildman–Crippen LogP) is 2.15. The normalized spacial score (nSPS) is 11.2. The summed E-state index contributed by atoms with van der Waals surface area (Å²) < 4.78 is 27.7. The third kappa shape index (κ3) is 3.05. The van der Waals surface area contributed by atoms with Crippen LogP contribution in [-0.2, 0) is 10.0 Å².